The summed E-state index contributed by atoms with van der Waals surface area (Å²) in [7, 11) is 0. The van der Waals surface area contributed by atoms with Crippen LogP contribution in [0.3, 0.4) is 0 Å². The van der Waals surface area contributed by atoms with Crippen LogP contribution in [0.2, 0.25) is 0 Å². The van der Waals surface area contributed by atoms with Gasteiger partial charge in [0, 0.05) is 43.4 Å². The molecule has 6 heteroatoms. The average molecular weight is 372 g/mol. The first-order valence-electron chi connectivity index (χ1n) is 9.92. The number of piperidine rings is 1. The van der Waals surface area contributed by atoms with Gasteiger partial charge in [-0.05, 0) is 54.8 Å². The number of rotatable bonds is 5. The molecule has 1 aromatic carbocycles. The van der Waals surface area contributed by atoms with Gasteiger partial charge in [0.1, 0.15) is 5.69 Å². The molecule has 0 amide bonds. The second-order valence-electron chi connectivity index (χ2n) is 7.68. The van der Waals surface area contributed by atoms with Crippen LogP contribution in [0.4, 0.5) is 0 Å². The zero-order chi connectivity index (χ0) is 18.8. The fourth-order valence-corrected chi connectivity index (χ4v) is 4.23. The lowest BCUT2D eigenvalue weighted by Crippen LogP contribution is -2.35. The van der Waals surface area contributed by atoms with E-state index in [4.69, 9.17) is 4.98 Å². The van der Waals surface area contributed by atoms with Crippen molar-refractivity contribution >= 4 is 10.9 Å². The normalized spacial score (nSPS) is 17.9. The predicted octanol–water partition coefficient (Wildman–Crippen LogP) is 3.80. The molecule has 3 aromatic heterocycles. The summed E-state index contributed by atoms with van der Waals surface area (Å²) >= 11 is 0. The van der Waals surface area contributed by atoms with Gasteiger partial charge in [0.05, 0.1) is 11.9 Å². The Morgan fingerprint density at radius 2 is 2.11 bits per heavy atom. The number of fused-ring (bicyclic) bond motifs is 1. The molecule has 4 aromatic rings. The van der Waals surface area contributed by atoms with Gasteiger partial charge in [0.2, 0.25) is 0 Å². The minimum Gasteiger partial charge on any atom is -0.361 e. The van der Waals surface area contributed by atoms with Gasteiger partial charge >= 0.3 is 0 Å². The van der Waals surface area contributed by atoms with Crippen LogP contribution in [0.1, 0.15) is 24.1 Å². The smallest absolute Gasteiger partial charge is 0.157 e. The van der Waals surface area contributed by atoms with E-state index in [9.17, 15) is 0 Å². The van der Waals surface area contributed by atoms with E-state index >= 15 is 0 Å². The molecular formula is C22H24N6. The summed E-state index contributed by atoms with van der Waals surface area (Å²) in [6.07, 6.45) is 12.7. The van der Waals surface area contributed by atoms with Crippen LogP contribution < -0.4 is 0 Å². The van der Waals surface area contributed by atoms with Crippen molar-refractivity contribution in [3.63, 3.8) is 0 Å². The lowest BCUT2D eigenvalue weighted by Gasteiger charge is -2.32. The number of nitrogens with zero attached hydrogens (tertiary/aromatic N) is 4. The molecule has 4 heterocycles. The molecule has 0 spiro atoms. The predicted molar refractivity (Wildman–Crippen MR) is 110 cm³/mol. The van der Waals surface area contributed by atoms with Crippen LogP contribution in [0.15, 0.2) is 55.2 Å². The Labute approximate surface area is 164 Å². The van der Waals surface area contributed by atoms with Crippen molar-refractivity contribution in [2.24, 2.45) is 5.92 Å². The highest BCUT2D eigenvalue weighted by Crippen LogP contribution is 2.23. The largest absolute Gasteiger partial charge is 0.361 e. The van der Waals surface area contributed by atoms with Crippen LogP contribution in [0.25, 0.3) is 22.4 Å². The van der Waals surface area contributed by atoms with E-state index in [0.717, 1.165) is 43.3 Å². The molecule has 1 aliphatic rings. The summed E-state index contributed by atoms with van der Waals surface area (Å²) in [4.78, 5) is 22.4. The molecule has 142 valence electrons. The van der Waals surface area contributed by atoms with Gasteiger partial charge in [-0.2, -0.15) is 0 Å². The number of benzene rings is 1. The van der Waals surface area contributed by atoms with Crippen molar-refractivity contribution < 1.29 is 0 Å². The summed E-state index contributed by atoms with van der Waals surface area (Å²) in [6, 6.07) is 8.85. The van der Waals surface area contributed by atoms with Crippen molar-refractivity contribution in [1.82, 2.24) is 29.8 Å². The number of aromatic nitrogens is 5. The molecule has 28 heavy (non-hydrogen) atoms. The van der Waals surface area contributed by atoms with Crippen LogP contribution in [-0.2, 0) is 13.0 Å². The summed E-state index contributed by atoms with van der Waals surface area (Å²) in [6.45, 7) is 3.27. The molecular weight excluding hydrogens is 348 g/mol. The number of aromatic amines is 2. The second-order valence-corrected chi connectivity index (χ2v) is 7.68. The van der Waals surface area contributed by atoms with Gasteiger partial charge in [-0.15, -0.1) is 0 Å². The minimum absolute atomic E-state index is 0.615. The van der Waals surface area contributed by atoms with E-state index in [1.165, 1.54) is 29.3 Å². The zero-order valence-corrected chi connectivity index (χ0v) is 15.8. The third kappa shape index (κ3) is 3.68. The van der Waals surface area contributed by atoms with E-state index in [0.29, 0.717) is 5.92 Å². The third-order valence-electron chi connectivity index (χ3n) is 5.55. The highest BCUT2D eigenvalue weighted by atomic mass is 15.1. The lowest BCUT2D eigenvalue weighted by atomic mass is 9.93. The van der Waals surface area contributed by atoms with Gasteiger partial charge in [-0.3, -0.25) is 9.88 Å². The molecule has 1 fully saturated rings. The van der Waals surface area contributed by atoms with Crippen LogP contribution in [0, 0.1) is 5.92 Å². The third-order valence-corrected chi connectivity index (χ3v) is 5.55. The highest BCUT2D eigenvalue weighted by Gasteiger charge is 2.21. The van der Waals surface area contributed by atoms with Crippen molar-refractivity contribution in [3.05, 3.63) is 66.5 Å². The summed E-state index contributed by atoms with van der Waals surface area (Å²) < 4.78 is 0. The summed E-state index contributed by atoms with van der Waals surface area (Å²) in [5, 5.41) is 1.27. The quantitative estimate of drug-likeness (QED) is 0.559. The molecule has 0 radical (unpaired) electrons. The van der Waals surface area contributed by atoms with E-state index in [1.807, 2.05) is 18.6 Å². The fraction of sp³-hybridized carbons (Fsp3) is 0.318. The first-order valence-corrected chi connectivity index (χ1v) is 9.92. The SMILES string of the molecule is c1c[nH]c(-c2cncc(CC3CCCN(Cc4ccc5cc[nH]c5c4)C3)n2)n1. The Morgan fingerprint density at radius 1 is 1.11 bits per heavy atom. The molecule has 1 saturated heterocycles. The average Bonchev–Trinajstić information content (AvgIpc) is 3.40. The lowest BCUT2D eigenvalue weighted by molar-refractivity contribution is 0.166. The van der Waals surface area contributed by atoms with E-state index in [-0.39, 0.29) is 0 Å². The van der Waals surface area contributed by atoms with Crippen LogP contribution in [-0.4, -0.2) is 42.9 Å². The Bertz CT molecular complexity index is 1050. The molecule has 5 rings (SSSR count). The summed E-state index contributed by atoms with van der Waals surface area (Å²) in [5.74, 6) is 1.39. The van der Waals surface area contributed by atoms with Crippen molar-refractivity contribution in [3.8, 4) is 11.5 Å². The Hall–Kier alpha value is -2.99. The van der Waals surface area contributed by atoms with E-state index < -0.39 is 0 Å². The van der Waals surface area contributed by atoms with E-state index in [2.05, 4.69) is 49.1 Å². The van der Waals surface area contributed by atoms with Gasteiger partial charge in [0.25, 0.3) is 0 Å². The molecule has 0 saturated carbocycles. The van der Waals surface area contributed by atoms with Crippen molar-refractivity contribution in [1.29, 1.82) is 0 Å². The van der Waals surface area contributed by atoms with E-state index in [1.54, 1.807) is 12.4 Å². The molecule has 1 atom stereocenters. The molecule has 1 aliphatic heterocycles. The van der Waals surface area contributed by atoms with Crippen molar-refractivity contribution in [2.75, 3.05) is 13.1 Å². The van der Waals surface area contributed by atoms with Crippen LogP contribution >= 0.6 is 0 Å². The maximum Gasteiger partial charge on any atom is 0.157 e. The Morgan fingerprint density at radius 3 is 3.04 bits per heavy atom. The topological polar surface area (TPSA) is 73.5 Å². The number of nitrogens with one attached hydrogen (secondary N) is 2. The first-order chi connectivity index (χ1) is 13.8. The zero-order valence-electron chi connectivity index (χ0n) is 15.8. The Kier molecular flexibility index (Phi) is 4.62. The maximum absolute atomic E-state index is 4.77. The molecule has 1 unspecified atom stereocenters. The first kappa shape index (κ1) is 17.1. The monoisotopic (exact) mass is 372 g/mol. The standard InChI is InChI=1S/C22H24N6/c1-2-16(10-19-12-23-13-21(27-19)22-25-7-8-26-22)14-28(9-1)15-17-3-4-18-5-6-24-20(18)11-17/h3-8,11-13,16,24H,1-2,9-10,14-15H2,(H,25,26). The highest BCUT2D eigenvalue weighted by molar-refractivity contribution is 5.79. The number of likely N-dealkylation sites (tertiary alicyclic amines) is 1. The van der Waals surface area contributed by atoms with Gasteiger partial charge in [0.15, 0.2) is 5.82 Å². The molecule has 0 bridgehead atoms. The Balaban J connectivity index is 1.25. The summed E-state index contributed by atoms with van der Waals surface area (Å²) in [5.41, 5.74) is 4.45. The number of hydrogen-bond donors (Lipinski definition) is 2. The number of hydrogen-bond acceptors (Lipinski definition) is 4. The minimum atomic E-state index is 0.615. The van der Waals surface area contributed by atoms with Gasteiger partial charge in [-0.1, -0.05) is 12.1 Å². The number of imidazole rings is 1. The van der Waals surface area contributed by atoms with Crippen LogP contribution in [0.5, 0.6) is 0 Å². The molecule has 6 nitrogen and oxygen atoms in total. The van der Waals surface area contributed by atoms with Gasteiger partial charge < -0.3 is 9.97 Å². The number of H-pyrrole nitrogens is 2. The fourth-order valence-electron chi connectivity index (χ4n) is 4.23. The van der Waals surface area contributed by atoms with Gasteiger partial charge in [-0.25, -0.2) is 9.97 Å². The second kappa shape index (κ2) is 7.56. The maximum atomic E-state index is 4.77. The molecule has 2 N–H and O–H groups in total. The van der Waals surface area contributed by atoms with Crippen molar-refractivity contribution in [2.45, 2.75) is 25.8 Å². The molecule has 0 aliphatic carbocycles.